The van der Waals surface area contributed by atoms with E-state index in [1.54, 1.807) is 0 Å². The summed E-state index contributed by atoms with van der Waals surface area (Å²) in [7, 11) is 0. The van der Waals surface area contributed by atoms with E-state index < -0.39 is 0 Å². The van der Waals surface area contributed by atoms with Gasteiger partial charge in [-0.25, -0.2) is 0 Å². The average Bonchev–Trinajstić information content (AvgIpc) is 2.20. The predicted octanol–water partition coefficient (Wildman–Crippen LogP) is 2.45. The zero-order valence-electron chi connectivity index (χ0n) is 8.35. The summed E-state index contributed by atoms with van der Waals surface area (Å²) in [6.45, 7) is 5.33. The molecule has 1 unspecified atom stereocenters. The summed E-state index contributed by atoms with van der Waals surface area (Å²) >= 11 is 5.98. The van der Waals surface area contributed by atoms with E-state index in [1.807, 2.05) is 6.92 Å². The molecule has 0 N–H and O–H groups in total. The second-order valence-electron chi connectivity index (χ2n) is 3.74. The number of hydrogen-bond acceptors (Lipinski definition) is 2. The van der Waals surface area contributed by atoms with Crippen molar-refractivity contribution in [3.63, 3.8) is 0 Å². The molecular formula is C10H19ClO2. The molecule has 1 atom stereocenters. The summed E-state index contributed by atoms with van der Waals surface area (Å²) < 4.78 is 10.8. The highest BCUT2D eigenvalue weighted by Crippen LogP contribution is 2.33. The highest BCUT2D eigenvalue weighted by atomic mass is 35.5. The van der Waals surface area contributed by atoms with Gasteiger partial charge in [0.05, 0.1) is 6.61 Å². The lowest BCUT2D eigenvalue weighted by molar-refractivity contribution is -0.0147. The van der Waals surface area contributed by atoms with Gasteiger partial charge in [-0.3, -0.25) is 0 Å². The van der Waals surface area contributed by atoms with Crippen LogP contribution in [0.1, 0.15) is 26.2 Å². The summed E-state index contributed by atoms with van der Waals surface area (Å²) in [5.74, 6) is 0.695. The SMILES string of the molecule is CCOCCC1(CCl)CCCOC1. The lowest BCUT2D eigenvalue weighted by Gasteiger charge is -2.35. The molecule has 1 heterocycles. The van der Waals surface area contributed by atoms with Gasteiger partial charge in [-0.15, -0.1) is 11.6 Å². The molecule has 3 heteroatoms. The number of ether oxygens (including phenoxy) is 2. The van der Waals surface area contributed by atoms with Crippen LogP contribution in [0.25, 0.3) is 0 Å². The number of halogens is 1. The molecule has 2 nitrogen and oxygen atoms in total. The van der Waals surface area contributed by atoms with Crippen molar-refractivity contribution in [1.29, 1.82) is 0 Å². The van der Waals surface area contributed by atoms with Gasteiger partial charge in [0.2, 0.25) is 0 Å². The molecule has 1 fully saturated rings. The topological polar surface area (TPSA) is 18.5 Å². The Balaban J connectivity index is 2.29. The second-order valence-corrected chi connectivity index (χ2v) is 4.00. The van der Waals surface area contributed by atoms with Crippen LogP contribution in [0, 0.1) is 5.41 Å². The molecule has 0 aromatic carbocycles. The molecule has 1 aliphatic heterocycles. The summed E-state index contributed by atoms with van der Waals surface area (Å²) in [5.41, 5.74) is 0.189. The van der Waals surface area contributed by atoms with Crippen molar-refractivity contribution in [2.75, 3.05) is 32.3 Å². The van der Waals surface area contributed by atoms with Gasteiger partial charge >= 0.3 is 0 Å². The highest BCUT2D eigenvalue weighted by Gasteiger charge is 2.31. The average molecular weight is 207 g/mol. The number of rotatable bonds is 5. The lowest BCUT2D eigenvalue weighted by Crippen LogP contribution is -2.34. The van der Waals surface area contributed by atoms with Crippen molar-refractivity contribution in [2.24, 2.45) is 5.41 Å². The van der Waals surface area contributed by atoms with Gasteiger partial charge in [-0.05, 0) is 26.2 Å². The van der Waals surface area contributed by atoms with Crippen LogP contribution in [0.3, 0.4) is 0 Å². The van der Waals surface area contributed by atoms with E-state index in [2.05, 4.69) is 0 Å². The molecular weight excluding hydrogens is 188 g/mol. The number of hydrogen-bond donors (Lipinski definition) is 0. The van der Waals surface area contributed by atoms with E-state index in [0.29, 0.717) is 5.88 Å². The van der Waals surface area contributed by atoms with Gasteiger partial charge in [-0.2, -0.15) is 0 Å². The van der Waals surface area contributed by atoms with Crippen LogP contribution in [0.4, 0.5) is 0 Å². The highest BCUT2D eigenvalue weighted by molar-refractivity contribution is 6.18. The fourth-order valence-corrected chi connectivity index (χ4v) is 2.06. The van der Waals surface area contributed by atoms with E-state index in [1.165, 1.54) is 6.42 Å². The smallest absolute Gasteiger partial charge is 0.0534 e. The molecule has 0 bridgehead atoms. The third-order valence-electron chi connectivity index (χ3n) is 2.67. The van der Waals surface area contributed by atoms with Crippen molar-refractivity contribution >= 4 is 11.6 Å². The van der Waals surface area contributed by atoms with Gasteiger partial charge in [0, 0.05) is 31.1 Å². The largest absolute Gasteiger partial charge is 0.382 e. The quantitative estimate of drug-likeness (QED) is 0.508. The summed E-state index contributed by atoms with van der Waals surface area (Å²) in [6, 6.07) is 0. The Bertz CT molecular complexity index is 133. The Hall–Kier alpha value is 0.210. The van der Waals surface area contributed by atoms with Crippen LogP contribution < -0.4 is 0 Å². The first-order chi connectivity index (χ1) is 6.33. The van der Waals surface area contributed by atoms with E-state index >= 15 is 0 Å². The fourth-order valence-electron chi connectivity index (χ4n) is 1.71. The molecule has 1 saturated heterocycles. The first kappa shape index (κ1) is 11.3. The van der Waals surface area contributed by atoms with Crippen molar-refractivity contribution in [3.8, 4) is 0 Å². The lowest BCUT2D eigenvalue weighted by atomic mass is 9.82. The minimum atomic E-state index is 0.189. The minimum absolute atomic E-state index is 0.189. The van der Waals surface area contributed by atoms with Gasteiger partial charge in [0.1, 0.15) is 0 Å². The molecule has 1 rings (SSSR count). The zero-order chi connectivity index (χ0) is 9.57. The Morgan fingerprint density at radius 1 is 1.54 bits per heavy atom. The van der Waals surface area contributed by atoms with E-state index in [-0.39, 0.29) is 5.41 Å². The van der Waals surface area contributed by atoms with E-state index in [0.717, 1.165) is 39.3 Å². The molecule has 13 heavy (non-hydrogen) atoms. The molecule has 0 saturated carbocycles. The van der Waals surface area contributed by atoms with Crippen LogP contribution in [0.15, 0.2) is 0 Å². The van der Waals surface area contributed by atoms with Crippen molar-refractivity contribution < 1.29 is 9.47 Å². The second kappa shape index (κ2) is 5.84. The molecule has 0 aromatic heterocycles. The molecule has 78 valence electrons. The molecule has 0 aromatic rings. The van der Waals surface area contributed by atoms with Crippen LogP contribution in [0.5, 0.6) is 0 Å². The van der Waals surface area contributed by atoms with Gasteiger partial charge in [0.15, 0.2) is 0 Å². The molecule has 0 aliphatic carbocycles. The van der Waals surface area contributed by atoms with Gasteiger partial charge in [-0.1, -0.05) is 0 Å². The van der Waals surface area contributed by atoms with Crippen LogP contribution >= 0.6 is 11.6 Å². The van der Waals surface area contributed by atoms with Crippen molar-refractivity contribution in [2.45, 2.75) is 26.2 Å². The third-order valence-corrected chi connectivity index (χ3v) is 3.24. The summed E-state index contributed by atoms with van der Waals surface area (Å²) in [4.78, 5) is 0. The first-order valence-electron chi connectivity index (χ1n) is 5.04. The number of alkyl halides is 1. The Kier molecular flexibility index (Phi) is 5.07. The summed E-state index contributed by atoms with van der Waals surface area (Å²) in [6.07, 6.45) is 3.35. The van der Waals surface area contributed by atoms with E-state index in [4.69, 9.17) is 21.1 Å². The van der Waals surface area contributed by atoms with Crippen LogP contribution in [0.2, 0.25) is 0 Å². The predicted molar refractivity (Wildman–Crippen MR) is 54.3 cm³/mol. The monoisotopic (exact) mass is 206 g/mol. The van der Waals surface area contributed by atoms with Crippen LogP contribution in [-0.4, -0.2) is 32.3 Å². The molecule has 0 amide bonds. The molecule has 0 spiro atoms. The maximum atomic E-state index is 5.98. The van der Waals surface area contributed by atoms with E-state index in [9.17, 15) is 0 Å². The van der Waals surface area contributed by atoms with Crippen molar-refractivity contribution in [1.82, 2.24) is 0 Å². The Morgan fingerprint density at radius 2 is 2.38 bits per heavy atom. The fraction of sp³-hybridized carbons (Fsp3) is 1.00. The third kappa shape index (κ3) is 3.45. The summed E-state index contributed by atoms with van der Waals surface area (Å²) in [5, 5.41) is 0. The van der Waals surface area contributed by atoms with Gasteiger partial charge < -0.3 is 9.47 Å². The first-order valence-corrected chi connectivity index (χ1v) is 5.58. The van der Waals surface area contributed by atoms with Crippen LogP contribution in [-0.2, 0) is 9.47 Å². The van der Waals surface area contributed by atoms with Crippen molar-refractivity contribution in [3.05, 3.63) is 0 Å². The standard InChI is InChI=1S/C10H19ClO2/c1-2-12-7-5-10(8-11)4-3-6-13-9-10/h2-9H2,1H3. The molecule has 0 radical (unpaired) electrons. The van der Waals surface area contributed by atoms with Gasteiger partial charge in [0.25, 0.3) is 0 Å². The maximum absolute atomic E-state index is 5.98. The minimum Gasteiger partial charge on any atom is -0.382 e. The normalized spacial score (nSPS) is 29.1. The molecule has 1 aliphatic rings. The zero-order valence-corrected chi connectivity index (χ0v) is 9.11. The maximum Gasteiger partial charge on any atom is 0.0534 e. The Morgan fingerprint density at radius 3 is 2.92 bits per heavy atom. The Labute approximate surface area is 85.5 Å².